The SMILES string of the molecule is COBNC(CO)Cc1ccc(O)cc1. The van der Waals surface area contributed by atoms with E-state index in [2.05, 4.69) is 5.23 Å². The van der Waals surface area contributed by atoms with Gasteiger partial charge in [-0.1, -0.05) is 12.1 Å². The Hall–Kier alpha value is -1.04. The fourth-order valence-electron chi connectivity index (χ4n) is 1.32. The molecule has 0 saturated heterocycles. The highest BCUT2D eigenvalue weighted by Gasteiger charge is 2.07. The van der Waals surface area contributed by atoms with E-state index in [1.165, 1.54) is 0 Å². The standard InChI is InChI=1S/C10H16BNO3/c1-15-11-12-9(7-13)6-8-2-4-10(14)5-3-8/h2-5,9,11-14H,6-7H2,1H3. The van der Waals surface area contributed by atoms with Crippen LogP contribution in [0.5, 0.6) is 5.75 Å². The predicted octanol–water partition coefficient (Wildman–Crippen LogP) is -0.202. The van der Waals surface area contributed by atoms with Crippen LogP contribution in [0.4, 0.5) is 0 Å². The number of phenolic OH excluding ortho intramolecular Hbond substituents is 1. The van der Waals surface area contributed by atoms with Crippen LogP contribution in [0, 0.1) is 0 Å². The summed E-state index contributed by atoms with van der Waals surface area (Å²) in [5, 5.41) is 21.3. The van der Waals surface area contributed by atoms with Crippen LogP contribution in [0.25, 0.3) is 0 Å². The number of hydrogen-bond acceptors (Lipinski definition) is 4. The summed E-state index contributed by atoms with van der Waals surface area (Å²) in [6, 6.07) is 6.94. The Morgan fingerprint density at radius 3 is 2.60 bits per heavy atom. The third-order valence-electron chi connectivity index (χ3n) is 2.16. The van der Waals surface area contributed by atoms with Gasteiger partial charge in [-0.05, 0) is 24.1 Å². The highest BCUT2D eigenvalue weighted by atomic mass is 16.4. The quantitative estimate of drug-likeness (QED) is 0.567. The van der Waals surface area contributed by atoms with Gasteiger partial charge in [-0.3, -0.25) is 0 Å². The lowest BCUT2D eigenvalue weighted by Gasteiger charge is -2.14. The van der Waals surface area contributed by atoms with Crippen LogP contribution in [0.15, 0.2) is 24.3 Å². The molecular weight excluding hydrogens is 193 g/mol. The minimum absolute atomic E-state index is 0.0190. The van der Waals surface area contributed by atoms with Crippen LogP contribution >= 0.6 is 0 Å². The molecule has 0 aliphatic rings. The van der Waals surface area contributed by atoms with E-state index in [9.17, 15) is 0 Å². The molecule has 5 heteroatoms. The number of rotatable bonds is 6. The van der Waals surface area contributed by atoms with Crippen LogP contribution in [-0.2, 0) is 11.1 Å². The van der Waals surface area contributed by atoms with E-state index < -0.39 is 0 Å². The van der Waals surface area contributed by atoms with Gasteiger partial charge in [0.15, 0.2) is 0 Å². The molecule has 0 saturated carbocycles. The van der Waals surface area contributed by atoms with Gasteiger partial charge in [-0.15, -0.1) is 0 Å². The molecule has 1 aromatic carbocycles. The lowest BCUT2D eigenvalue weighted by Crippen LogP contribution is -2.37. The van der Waals surface area contributed by atoms with E-state index in [0.29, 0.717) is 14.0 Å². The lowest BCUT2D eigenvalue weighted by molar-refractivity contribution is 0.252. The first kappa shape index (κ1) is 12.0. The monoisotopic (exact) mass is 209 g/mol. The summed E-state index contributed by atoms with van der Waals surface area (Å²) in [6.45, 7) is 0.0598. The van der Waals surface area contributed by atoms with Crippen molar-refractivity contribution in [2.45, 2.75) is 12.5 Å². The molecule has 0 aliphatic heterocycles. The molecule has 0 heterocycles. The van der Waals surface area contributed by atoms with Crippen molar-refractivity contribution < 1.29 is 14.9 Å². The molecule has 82 valence electrons. The molecule has 0 fully saturated rings. The average molecular weight is 209 g/mol. The Morgan fingerprint density at radius 1 is 1.40 bits per heavy atom. The van der Waals surface area contributed by atoms with Gasteiger partial charge in [-0.2, -0.15) is 0 Å². The van der Waals surface area contributed by atoms with Gasteiger partial charge in [0.1, 0.15) is 5.75 Å². The number of benzene rings is 1. The van der Waals surface area contributed by atoms with Crippen LogP contribution < -0.4 is 5.23 Å². The fourth-order valence-corrected chi connectivity index (χ4v) is 1.32. The van der Waals surface area contributed by atoms with E-state index in [-0.39, 0.29) is 18.4 Å². The van der Waals surface area contributed by atoms with Crippen molar-refractivity contribution in [1.29, 1.82) is 0 Å². The highest BCUT2D eigenvalue weighted by Crippen LogP contribution is 2.11. The summed E-state index contributed by atoms with van der Waals surface area (Å²) >= 11 is 0. The number of hydrogen-bond donors (Lipinski definition) is 3. The Morgan fingerprint density at radius 2 is 2.07 bits per heavy atom. The van der Waals surface area contributed by atoms with Crippen LogP contribution in [0.1, 0.15) is 5.56 Å². The number of aliphatic hydroxyl groups excluding tert-OH is 1. The van der Waals surface area contributed by atoms with E-state index in [4.69, 9.17) is 14.9 Å². The molecule has 0 amide bonds. The molecule has 1 unspecified atom stereocenters. The van der Waals surface area contributed by atoms with E-state index in [0.717, 1.165) is 5.56 Å². The highest BCUT2D eigenvalue weighted by molar-refractivity contribution is 6.23. The third kappa shape index (κ3) is 4.33. The molecule has 1 aromatic rings. The van der Waals surface area contributed by atoms with Crippen LogP contribution in [0.3, 0.4) is 0 Å². The molecule has 1 rings (SSSR count). The second-order valence-corrected chi connectivity index (χ2v) is 3.39. The summed E-state index contributed by atoms with van der Waals surface area (Å²) in [7, 11) is 2.02. The van der Waals surface area contributed by atoms with Crippen molar-refractivity contribution in [3.8, 4) is 5.75 Å². The lowest BCUT2D eigenvalue weighted by atomic mass is 10.0. The van der Waals surface area contributed by atoms with Gasteiger partial charge in [-0.25, -0.2) is 0 Å². The van der Waals surface area contributed by atoms with Gasteiger partial charge < -0.3 is 20.1 Å². The average Bonchev–Trinajstić information content (AvgIpc) is 2.27. The van der Waals surface area contributed by atoms with E-state index in [1.807, 2.05) is 12.1 Å². The molecule has 15 heavy (non-hydrogen) atoms. The van der Waals surface area contributed by atoms with Crippen molar-refractivity contribution in [1.82, 2.24) is 5.23 Å². The van der Waals surface area contributed by atoms with Gasteiger partial charge in [0, 0.05) is 13.2 Å². The second kappa shape index (κ2) is 6.45. The maximum Gasteiger partial charge on any atom is 0.360 e. The molecule has 1 atom stereocenters. The second-order valence-electron chi connectivity index (χ2n) is 3.39. The molecule has 0 aliphatic carbocycles. The Labute approximate surface area is 90.2 Å². The molecule has 4 nitrogen and oxygen atoms in total. The summed E-state index contributed by atoms with van der Waals surface area (Å²) in [5.41, 5.74) is 1.07. The Kier molecular flexibility index (Phi) is 5.17. The third-order valence-corrected chi connectivity index (χ3v) is 2.16. The number of aliphatic hydroxyl groups is 1. The first-order valence-electron chi connectivity index (χ1n) is 4.87. The molecule has 0 spiro atoms. The fraction of sp³-hybridized carbons (Fsp3) is 0.400. The zero-order valence-corrected chi connectivity index (χ0v) is 8.81. The van der Waals surface area contributed by atoms with Crippen molar-refractivity contribution >= 4 is 7.62 Å². The minimum atomic E-state index is -0.0190. The number of phenols is 1. The van der Waals surface area contributed by atoms with Gasteiger partial charge in [0.25, 0.3) is 0 Å². The van der Waals surface area contributed by atoms with E-state index in [1.54, 1.807) is 19.2 Å². The van der Waals surface area contributed by atoms with Gasteiger partial charge in [0.05, 0.1) is 6.61 Å². The molecule has 0 bridgehead atoms. The van der Waals surface area contributed by atoms with Crippen molar-refractivity contribution in [3.63, 3.8) is 0 Å². The largest absolute Gasteiger partial charge is 0.508 e. The molecular formula is C10H16BNO3. The van der Waals surface area contributed by atoms with Crippen molar-refractivity contribution in [3.05, 3.63) is 29.8 Å². The number of aromatic hydroxyl groups is 1. The van der Waals surface area contributed by atoms with Gasteiger partial charge in [0.2, 0.25) is 0 Å². The molecule has 0 radical (unpaired) electrons. The van der Waals surface area contributed by atoms with Crippen LogP contribution in [-0.4, -0.2) is 37.6 Å². The van der Waals surface area contributed by atoms with Crippen molar-refractivity contribution in [2.75, 3.05) is 13.7 Å². The van der Waals surface area contributed by atoms with Crippen LogP contribution in [0.2, 0.25) is 0 Å². The van der Waals surface area contributed by atoms with Gasteiger partial charge >= 0.3 is 7.62 Å². The summed E-state index contributed by atoms with van der Waals surface area (Å²) in [4.78, 5) is 0. The zero-order valence-electron chi connectivity index (χ0n) is 8.81. The topological polar surface area (TPSA) is 61.7 Å². The maximum atomic E-state index is 9.10. The predicted molar refractivity (Wildman–Crippen MR) is 60.0 cm³/mol. The first-order valence-corrected chi connectivity index (χ1v) is 4.87. The first-order chi connectivity index (χ1) is 7.26. The summed E-state index contributed by atoms with van der Waals surface area (Å²) in [6.07, 6.45) is 0.708. The summed E-state index contributed by atoms with van der Waals surface area (Å²) < 4.78 is 4.87. The van der Waals surface area contributed by atoms with E-state index >= 15 is 0 Å². The zero-order chi connectivity index (χ0) is 11.1. The molecule has 3 N–H and O–H groups in total. The number of nitrogens with one attached hydrogen (secondary N) is 1. The summed E-state index contributed by atoms with van der Waals surface area (Å²) in [5.74, 6) is 0.254. The molecule has 0 aromatic heterocycles. The van der Waals surface area contributed by atoms with Crippen molar-refractivity contribution in [2.24, 2.45) is 0 Å². The Bertz CT molecular complexity index is 279. The Balaban J connectivity index is 2.47. The maximum absolute atomic E-state index is 9.10. The smallest absolute Gasteiger partial charge is 0.360 e. The normalized spacial score (nSPS) is 12.4. The minimum Gasteiger partial charge on any atom is -0.508 e.